The number of aryl methyl sites for hydroxylation is 1. The van der Waals surface area contributed by atoms with Crippen LogP contribution in [0.1, 0.15) is 31.2 Å². The molecule has 104 valence electrons. The number of ether oxygens (including phenoxy) is 1. The Balaban J connectivity index is 2.17. The Kier molecular flexibility index (Phi) is 4.66. The van der Waals surface area contributed by atoms with E-state index in [9.17, 15) is 4.79 Å². The Bertz CT molecular complexity index is 439. The number of piperidine rings is 1. The fourth-order valence-electron chi connectivity index (χ4n) is 2.52. The number of hydrogen-bond acceptors (Lipinski definition) is 3. The molecule has 1 aliphatic rings. The lowest BCUT2D eigenvalue weighted by molar-refractivity contribution is -0.136. The van der Waals surface area contributed by atoms with Crippen LogP contribution in [0.15, 0.2) is 18.2 Å². The lowest BCUT2D eigenvalue weighted by atomic mass is 10.1. The van der Waals surface area contributed by atoms with Gasteiger partial charge in [-0.2, -0.15) is 0 Å². The molecule has 0 unspecified atom stereocenters. The molecule has 0 aromatic heterocycles. The van der Waals surface area contributed by atoms with Crippen molar-refractivity contribution in [3.8, 4) is 5.75 Å². The first-order valence-corrected chi connectivity index (χ1v) is 6.84. The van der Waals surface area contributed by atoms with Crippen molar-refractivity contribution in [1.29, 1.82) is 0 Å². The molecule has 1 aliphatic heterocycles. The van der Waals surface area contributed by atoms with Gasteiger partial charge in [0.2, 0.25) is 0 Å². The van der Waals surface area contributed by atoms with Crippen molar-refractivity contribution in [2.45, 2.75) is 32.1 Å². The molecule has 1 fully saturated rings. The molecule has 1 N–H and O–H groups in total. The van der Waals surface area contributed by atoms with Gasteiger partial charge in [0, 0.05) is 19.5 Å². The van der Waals surface area contributed by atoms with Gasteiger partial charge in [0.05, 0.1) is 12.8 Å². The minimum absolute atomic E-state index is 0.172. The van der Waals surface area contributed by atoms with Gasteiger partial charge in [0.1, 0.15) is 5.75 Å². The third-order valence-corrected chi connectivity index (χ3v) is 3.57. The highest BCUT2D eigenvalue weighted by Crippen LogP contribution is 2.31. The molecule has 1 heterocycles. The highest BCUT2D eigenvalue weighted by Gasteiger charge is 2.15. The van der Waals surface area contributed by atoms with Crippen LogP contribution < -0.4 is 9.64 Å². The van der Waals surface area contributed by atoms with E-state index in [4.69, 9.17) is 9.84 Å². The van der Waals surface area contributed by atoms with E-state index < -0.39 is 5.97 Å². The molecule has 1 aromatic carbocycles. The van der Waals surface area contributed by atoms with Crippen molar-refractivity contribution in [3.05, 3.63) is 23.8 Å². The Morgan fingerprint density at radius 3 is 2.68 bits per heavy atom. The predicted molar refractivity (Wildman–Crippen MR) is 75.0 cm³/mol. The monoisotopic (exact) mass is 263 g/mol. The van der Waals surface area contributed by atoms with Crippen LogP contribution in [0, 0.1) is 0 Å². The average molecular weight is 263 g/mol. The van der Waals surface area contributed by atoms with E-state index in [1.54, 1.807) is 7.11 Å². The summed E-state index contributed by atoms with van der Waals surface area (Å²) in [5.74, 6) is 0.122. The quantitative estimate of drug-likeness (QED) is 0.887. The Labute approximate surface area is 114 Å². The molecule has 0 saturated carbocycles. The van der Waals surface area contributed by atoms with Gasteiger partial charge >= 0.3 is 5.97 Å². The summed E-state index contributed by atoms with van der Waals surface area (Å²) in [6, 6.07) is 5.98. The number of carboxylic acid groups (broad SMARTS) is 1. The zero-order valence-corrected chi connectivity index (χ0v) is 11.4. The molecule has 0 amide bonds. The SMILES string of the molecule is COc1ccc(CCC(=O)O)cc1N1CCCCC1. The number of rotatable bonds is 5. The normalized spacial score (nSPS) is 15.3. The van der Waals surface area contributed by atoms with E-state index >= 15 is 0 Å². The molecular formula is C15H21NO3. The van der Waals surface area contributed by atoms with Crippen LogP contribution in [0.4, 0.5) is 5.69 Å². The summed E-state index contributed by atoms with van der Waals surface area (Å²) in [6.07, 6.45) is 4.45. The van der Waals surface area contributed by atoms with Crippen LogP contribution in [0.2, 0.25) is 0 Å². The van der Waals surface area contributed by atoms with Gasteiger partial charge in [0.15, 0.2) is 0 Å². The molecule has 0 atom stereocenters. The summed E-state index contributed by atoms with van der Waals surface area (Å²) in [5.41, 5.74) is 2.16. The first kappa shape index (κ1) is 13.7. The van der Waals surface area contributed by atoms with Gasteiger partial charge in [-0.25, -0.2) is 0 Å². The number of nitrogens with zero attached hydrogens (tertiary/aromatic N) is 1. The zero-order valence-electron chi connectivity index (χ0n) is 11.4. The lowest BCUT2D eigenvalue weighted by Crippen LogP contribution is -2.29. The van der Waals surface area contributed by atoms with E-state index in [1.807, 2.05) is 12.1 Å². The van der Waals surface area contributed by atoms with Crippen molar-refractivity contribution in [3.63, 3.8) is 0 Å². The maximum atomic E-state index is 10.6. The second-order valence-electron chi connectivity index (χ2n) is 4.95. The molecule has 1 saturated heterocycles. The Morgan fingerprint density at radius 2 is 2.05 bits per heavy atom. The number of methoxy groups -OCH3 is 1. The fraction of sp³-hybridized carbons (Fsp3) is 0.533. The molecule has 0 radical (unpaired) electrons. The number of hydrogen-bond donors (Lipinski definition) is 1. The second-order valence-corrected chi connectivity index (χ2v) is 4.95. The van der Waals surface area contributed by atoms with Gasteiger partial charge in [-0.1, -0.05) is 6.07 Å². The molecular weight excluding hydrogens is 242 g/mol. The zero-order chi connectivity index (χ0) is 13.7. The van der Waals surface area contributed by atoms with Crippen molar-refractivity contribution in [1.82, 2.24) is 0 Å². The smallest absolute Gasteiger partial charge is 0.303 e. The van der Waals surface area contributed by atoms with E-state index in [0.717, 1.165) is 30.1 Å². The lowest BCUT2D eigenvalue weighted by Gasteiger charge is -2.30. The molecule has 4 nitrogen and oxygen atoms in total. The van der Waals surface area contributed by atoms with Crippen molar-refractivity contribution in [2.24, 2.45) is 0 Å². The standard InChI is InChI=1S/C15H21NO3/c1-19-14-7-5-12(6-8-15(17)18)11-13(14)16-9-3-2-4-10-16/h5,7,11H,2-4,6,8-10H2,1H3,(H,17,18). The molecule has 2 rings (SSSR count). The highest BCUT2D eigenvalue weighted by atomic mass is 16.5. The van der Waals surface area contributed by atoms with Crippen molar-refractivity contribution >= 4 is 11.7 Å². The molecule has 4 heteroatoms. The molecule has 0 aliphatic carbocycles. The van der Waals surface area contributed by atoms with Gasteiger partial charge in [0.25, 0.3) is 0 Å². The van der Waals surface area contributed by atoms with E-state index in [2.05, 4.69) is 11.0 Å². The maximum absolute atomic E-state index is 10.6. The number of anilines is 1. The summed E-state index contributed by atoms with van der Waals surface area (Å²) in [6.45, 7) is 2.11. The van der Waals surface area contributed by atoms with Gasteiger partial charge in [-0.15, -0.1) is 0 Å². The van der Waals surface area contributed by atoms with E-state index in [1.165, 1.54) is 19.3 Å². The van der Waals surface area contributed by atoms with Crippen LogP contribution in [0.25, 0.3) is 0 Å². The molecule has 0 bridgehead atoms. The van der Waals surface area contributed by atoms with Gasteiger partial charge < -0.3 is 14.7 Å². The molecule has 0 spiro atoms. The maximum Gasteiger partial charge on any atom is 0.303 e. The number of aliphatic carboxylic acids is 1. The number of carboxylic acids is 1. The van der Waals surface area contributed by atoms with Crippen LogP contribution in [-0.4, -0.2) is 31.3 Å². The molecule has 19 heavy (non-hydrogen) atoms. The number of carbonyl (C=O) groups is 1. The topological polar surface area (TPSA) is 49.8 Å². The highest BCUT2D eigenvalue weighted by molar-refractivity contribution is 5.67. The third kappa shape index (κ3) is 3.63. The van der Waals surface area contributed by atoms with Gasteiger partial charge in [-0.3, -0.25) is 4.79 Å². The second kappa shape index (κ2) is 6.45. The minimum atomic E-state index is -0.754. The summed E-state index contributed by atoms with van der Waals surface area (Å²) >= 11 is 0. The Hall–Kier alpha value is -1.71. The van der Waals surface area contributed by atoms with E-state index in [0.29, 0.717) is 6.42 Å². The summed E-state index contributed by atoms with van der Waals surface area (Å²) in [4.78, 5) is 13.0. The largest absolute Gasteiger partial charge is 0.495 e. The number of benzene rings is 1. The van der Waals surface area contributed by atoms with Crippen LogP contribution in [0.3, 0.4) is 0 Å². The molecule has 1 aromatic rings. The van der Waals surface area contributed by atoms with Crippen molar-refractivity contribution < 1.29 is 14.6 Å². The van der Waals surface area contributed by atoms with Crippen LogP contribution in [-0.2, 0) is 11.2 Å². The van der Waals surface area contributed by atoms with Gasteiger partial charge in [-0.05, 0) is 43.4 Å². The first-order valence-electron chi connectivity index (χ1n) is 6.84. The summed E-state index contributed by atoms with van der Waals surface area (Å²) < 4.78 is 5.42. The average Bonchev–Trinajstić information content (AvgIpc) is 2.45. The van der Waals surface area contributed by atoms with Crippen LogP contribution >= 0.6 is 0 Å². The van der Waals surface area contributed by atoms with Crippen molar-refractivity contribution in [2.75, 3.05) is 25.1 Å². The Morgan fingerprint density at radius 1 is 1.32 bits per heavy atom. The predicted octanol–water partition coefficient (Wildman–Crippen LogP) is 2.70. The summed E-state index contributed by atoms with van der Waals surface area (Å²) in [5, 5.41) is 8.76. The third-order valence-electron chi connectivity index (χ3n) is 3.57. The first-order chi connectivity index (χ1) is 9.20. The summed E-state index contributed by atoms with van der Waals surface area (Å²) in [7, 11) is 1.68. The fourth-order valence-corrected chi connectivity index (χ4v) is 2.52. The van der Waals surface area contributed by atoms with Crippen LogP contribution in [0.5, 0.6) is 5.75 Å². The minimum Gasteiger partial charge on any atom is -0.495 e. The van der Waals surface area contributed by atoms with E-state index in [-0.39, 0.29) is 6.42 Å².